The van der Waals surface area contributed by atoms with Crippen LogP contribution in [-0.4, -0.2) is 47.5 Å². The van der Waals surface area contributed by atoms with E-state index in [2.05, 4.69) is 0 Å². The number of ether oxygens (including phenoxy) is 1. The molecule has 1 N–H and O–H groups in total. The van der Waals surface area contributed by atoms with Gasteiger partial charge in [-0.05, 0) is 53.7 Å². The van der Waals surface area contributed by atoms with Crippen molar-refractivity contribution < 1.29 is 29.0 Å². The van der Waals surface area contributed by atoms with Crippen molar-refractivity contribution in [1.82, 2.24) is 4.90 Å². The Balaban J connectivity index is 1.47. The summed E-state index contributed by atoms with van der Waals surface area (Å²) >= 11 is 0. The summed E-state index contributed by atoms with van der Waals surface area (Å²) in [6.07, 6.45) is 8.06. The zero-order chi connectivity index (χ0) is 31.5. The molecule has 45 heavy (non-hydrogen) atoms. The van der Waals surface area contributed by atoms with Crippen molar-refractivity contribution in [1.29, 1.82) is 0 Å². The Morgan fingerprint density at radius 2 is 1.62 bits per heavy atom. The van der Waals surface area contributed by atoms with Crippen molar-refractivity contribution in [2.45, 2.75) is 18.3 Å². The lowest BCUT2D eigenvalue weighted by Gasteiger charge is -2.54. The molecule has 3 aromatic carbocycles. The van der Waals surface area contributed by atoms with Crippen LogP contribution in [0.5, 0.6) is 11.5 Å². The van der Waals surface area contributed by atoms with Gasteiger partial charge in [0, 0.05) is 24.5 Å². The largest absolute Gasteiger partial charge is 0.504 e. The number of hydrogen-bond acceptors (Lipinski definition) is 6. The predicted octanol–water partition coefficient (Wildman–Crippen LogP) is 5.40. The summed E-state index contributed by atoms with van der Waals surface area (Å²) in [7, 11) is 3.01. The van der Waals surface area contributed by atoms with E-state index in [1.807, 2.05) is 78.9 Å². The molecule has 226 valence electrons. The summed E-state index contributed by atoms with van der Waals surface area (Å²) in [5, 5.41) is 10.2. The normalized spacial score (nSPS) is 29.2. The molecule has 6 atom stereocenters. The molecule has 4 aliphatic rings. The quantitative estimate of drug-likeness (QED) is 0.311. The molecule has 6 unspecified atom stereocenters. The third-order valence-corrected chi connectivity index (χ3v) is 10.3. The van der Waals surface area contributed by atoms with E-state index in [9.17, 15) is 24.3 Å². The maximum absolute atomic E-state index is 14.8. The van der Waals surface area contributed by atoms with Crippen molar-refractivity contribution in [3.05, 3.63) is 119 Å². The molecular weight excluding hydrogens is 566 g/mol. The summed E-state index contributed by atoms with van der Waals surface area (Å²) in [4.78, 5) is 57.5. The Labute approximate surface area is 261 Å². The minimum atomic E-state index is -1.26. The summed E-state index contributed by atoms with van der Waals surface area (Å²) < 4.78 is 5.33. The Morgan fingerprint density at radius 3 is 2.33 bits per heavy atom. The first kappa shape index (κ1) is 28.7. The van der Waals surface area contributed by atoms with Gasteiger partial charge in [0.25, 0.3) is 0 Å². The second kappa shape index (κ2) is 10.8. The number of amides is 2. The van der Waals surface area contributed by atoms with Gasteiger partial charge in [-0.3, -0.25) is 24.1 Å². The van der Waals surface area contributed by atoms with Gasteiger partial charge in [-0.15, -0.1) is 0 Å². The number of ketones is 2. The van der Waals surface area contributed by atoms with E-state index in [0.29, 0.717) is 23.3 Å². The van der Waals surface area contributed by atoms with Crippen LogP contribution in [0.3, 0.4) is 0 Å². The molecule has 7 heteroatoms. The maximum Gasteiger partial charge on any atom is 0.233 e. The van der Waals surface area contributed by atoms with E-state index >= 15 is 0 Å². The van der Waals surface area contributed by atoms with Crippen molar-refractivity contribution in [3.8, 4) is 11.5 Å². The van der Waals surface area contributed by atoms with Crippen molar-refractivity contribution in [2.75, 3.05) is 14.2 Å². The third-order valence-electron chi connectivity index (χ3n) is 10.3. The van der Waals surface area contributed by atoms with E-state index in [1.54, 1.807) is 18.2 Å². The molecule has 1 saturated carbocycles. The first-order valence-corrected chi connectivity index (χ1v) is 15.2. The number of nitrogens with zero attached hydrogens (tertiary/aromatic N) is 1. The maximum atomic E-state index is 14.8. The SMILES string of the molecule is COc1cc(C=CC2C3=CCC4C(=O)N(C)C(=O)C4C3CC3C(=O)C(c4ccccc4)=CC(=O)C23c2ccccc2)ccc1O. The van der Waals surface area contributed by atoms with Crippen LogP contribution in [-0.2, 0) is 24.6 Å². The molecule has 7 nitrogen and oxygen atoms in total. The summed E-state index contributed by atoms with van der Waals surface area (Å²) in [5.41, 5.74) is 2.17. The predicted molar refractivity (Wildman–Crippen MR) is 169 cm³/mol. The Kier molecular flexibility index (Phi) is 6.92. The lowest BCUT2D eigenvalue weighted by Crippen LogP contribution is -2.59. The van der Waals surface area contributed by atoms with Gasteiger partial charge < -0.3 is 9.84 Å². The number of aromatic hydroxyl groups is 1. The number of hydrogen-bond donors (Lipinski definition) is 1. The summed E-state index contributed by atoms with van der Waals surface area (Å²) in [6, 6.07) is 23.7. The molecule has 1 aliphatic heterocycles. The first-order chi connectivity index (χ1) is 21.8. The molecule has 3 aliphatic carbocycles. The van der Waals surface area contributed by atoms with E-state index < -0.39 is 29.1 Å². The first-order valence-electron chi connectivity index (χ1n) is 15.2. The molecule has 7 rings (SSSR count). The van der Waals surface area contributed by atoms with E-state index in [4.69, 9.17) is 4.74 Å². The molecule has 0 aromatic heterocycles. The molecule has 0 radical (unpaired) electrons. The minimum absolute atomic E-state index is 0.00870. The Morgan fingerprint density at radius 1 is 0.911 bits per heavy atom. The average Bonchev–Trinajstić information content (AvgIpc) is 3.29. The van der Waals surface area contributed by atoms with E-state index in [-0.39, 0.29) is 41.5 Å². The molecule has 0 spiro atoms. The molecule has 1 heterocycles. The number of phenolic OH excluding ortho intramolecular Hbond substituents is 1. The van der Waals surface area contributed by atoms with Crippen LogP contribution in [0.25, 0.3) is 11.6 Å². The highest BCUT2D eigenvalue weighted by molar-refractivity contribution is 6.31. The second-order valence-electron chi connectivity index (χ2n) is 12.4. The highest BCUT2D eigenvalue weighted by Crippen LogP contribution is 2.61. The van der Waals surface area contributed by atoms with Gasteiger partial charge in [0.15, 0.2) is 23.1 Å². The highest BCUT2D eigenvalue weighted by Gasteiger charge is 2.64. The van der Waals surface area contributed by atoms with Gasteiger partial charge in [-0.25, -0.2) is 0 Å². The number of imide groups is 1. The lowest BCUT2D eigenvalue weighted by molar-refractivity contribution is -0.139. The Hall–Kier alpha value is -5.04. The topological polar surface area (TPSA) is 101 Å². The fourth-order valence-corrected chi connectivity index (χ4v) is 8.28. The zero-order valence-electron chi connectivity index (χ0n) is 25.1. The number of carbonyl (C=O) groups is 4. The molecule has 2 amide bonds. The van der Waals surface area contributed by atoms with Gasteiger partial charge in [-0.2, -0.15) is 0 Å². The van der Waals surface area contributed by atoms with E-state index in [1.165, 1.54) is 25.1 Å². The van der Waals surface area contributed by atoms with Crippen molar-refractivity contribution in [2.24, 2.45) is 29.6 Å². The number of carbonyl (C=O) groups excluding carboxylic acids is 4. The standard InChI is InChI=1S/C38H33NO6/c1-39-36(43)26-16-15-25-28(34(26)37(39)44)20-30-35(42)27(23-9-5-3-6-10-23)21-33(41)38(30,24-11-7-4-8-12-24)29(25)17-13-22-14-18-31(40)32(19-22)45-2/h3-15,17-19,21,26,28-30,34,40H,16,20H2,1-2H3. The highest BCUT2D eigenvalue weighted by atomic mass is 16.5. The summed E-state index contributed by atoms with van der Waals surface area (Å²) in [5.74, 6) is -3.21. The third kappa shape index (κ3) is 4.25. The Bertz CT molecular complexity index is 1820. The number of Topliss-reactive ketones (excluding diaryl/α,β-unsaturated/α-hetero) is 1. The number of likely N-dealkylation sites (tertiary alicyclic amines) is 1. The molecule has 0 bridgehead atoms. The van der Waals surface area contributed by atoms with Gasteiger partial charge >= 0.3 is 0 Å². The molecule has 1 saturated heterocycles. The minimum Gasteiger partial charge on any atom is -0.504 e. The van der Waals surface area contributed by atoms with Crippen LogP contribution in [0, 0.1) is 29.6 Å². The van der Waals surface area contributed by atoms with Gasteiger partial charge in [0.2, 0.25) is 11.8 Å². The monoisotopic (exact) mass is 599 g/mol. The number of allylic oxidation sites excluding steroid dienone is 5. The van der Waals surface area contributed by atoms with Crippen LogP contribution in [0.1, 0.15) is 29.5 Å². The number of benzene rings is 3. The van der Waals surface area contributed by atoms with E-state index in [0.717, 1.165) is 16.7 Å². The number of methoxy groups -OCH3 is 1. The number of fused-ring (bicyclic) bond motifs is 4. The van der Waals surface area contributed by atoms with Crippen LogP contribution in [0.2, 0.25) is 0 Å². The van der Waals surface area contributed by atoms with Crippen molar-refractivity contribution in [3.63, 3.8) is 0 Å². The number of phenols is 1. The van der Waals surface area contributed by atoms with Gasteiger partial charge in [-0.1, -0.05) is 90.5 Å². The number of rotatable bonds is 5. The van der Waals surface area contributed by atoms with Gasteiger partial charge in [0.1, 0.15) is 0 Å². The van der Waals surface area contributed by atoms with Crippen LogP contribution in [0.15, 0.2) is 103 Å². The van der Waals surface area contributed by atoms with Crippen LogP contribution in [0.4, 0.5) is 0 Å². The molecule has 2 fully saturated rings. The molecular formula is C38H33NO6. The summed E-state index contributed by atoms with van der Waals surface area (Å²) in [6.45, 7) is 0. The second-order valence-corrected chi connectivity index (χ2v) is 12.4. The fraction of sp³-hybridized carbons (Fsp3) is 0.263. The average molecular weight is 600 g/mol. The fourth-order valence-electron chi connectivity index (χ4n) is 8.28. The van der Waals surface area contributed by atoms with Crippen LogP contribution >= 0.6 is 0 Å². The zero-order valence-corrected chi connectivity index (χ0v) is 25.1. The van der Waals surface area contributed by atoms with Crippen LogP contribution < -0.4 is 4.74 Å². The lowest BCUT2D eigenvalue weighted by atomic mass is 9.45. The van der Waals surface area contributed by atoms with Gasteiger partial charge in [0.05, 0.1) is 24.4 Å². The van der Waals surface area contributed by atoms with Crippen molar-refractivity contribution >= 4 is 35.0 Å². The smallest absolute Gasteiger partial charge is 0.233 e. The molecule has 3 aromatic rings.